The molecule has 1 aliphatic heterocycles. The number of halogens is 4. The fraction of sp³-hybridized carbons (Fsp3) is 0.212. The van der Waals surface area contributed by atoms with Crippen LogP contribution >= 0.6 is 0 Å². The minimum Gasteiger partial charge on any atom is -0.462 e. The number of ether oxygens (including phenoxy) is 1. The van der Waals surface area contributed by atoms with Crippen LogP contribution in [0.25, 0.3) is 11.3 Å². The van der Waals surface area contributed by atoms with E-state index in [0.717, 1.165) is 12.1 Å². The zero-order chi connectivity index (χ0) is 32.5. The molecule has 4 aromatic rings. The summed E-state index contributed by atoms with van der Waals surface area (Å²) in [5.74, 6) is -3.63. The smallest absolute Gasteiger partial charge is 0.416 e. The largest absolute Gasteiger partial charge is 0.462 e. The van der Waals surface area contributed by atoms with E-state index in [4.69, 9.17) is 9.84 Å². The number of rotatable bonds is 8. The number of carbonyl (C=O) groups excluding carboxylic acids is 3. The Morgan fingerprint density at radius 1 is 1.00 bits per heavy atom. The maximum atomic E-state index is 14.3. The van der Waals surface area contributed by atoms with Crippen molar-refractivity contribution in [2.24, 2.45) is 0 Å². The Morgan fingerprint density at radius 2 is 1.69 bits per heavy atom. The number of nitrogens with one attached hydrogen (secondary N) is 1. The lowest BCUT2D eigenvalue weighted by Crippen LogP contribution is -2.55. The van der Waals surface area contributed by atoms with Gasteiger partial charge in [0.1, 0.15) is 23.4 Å². The molecular weight excluding hydrogens is 592 g/mol. The first-order valence-corrected chi connectivity index (χ1v) is 14.1. The average Bonchev–Trinajstić information content (AvgIpc) is 3.41. The Morgan fingerprint density at radius 3 is 2.31 bits per heavy atom. The predicted octanol–water partition coefficient (Wildman–Crippen LogP) is 5.90. The molecule has 2 atom stereocenters. The Balaban J connectivity index is 1.74. The van der Waals surface area contributed by atoms with E-state index in [-0.39, 0.29) is 35.8 Å². The number of fused-ring (bicyclic) bond motifs is 1. The third kappa shape index (κ3) is 5.95. The summed E-state index contributed by atoms with van der Waals surface area (Å²) in [5, 5.41) is 7.34. The van der Waals surface area contributed by atoms with Gasteiger partial charge in [0.05, 0.1) is 23.4 Å². The molecule has 45 heavy (non-hydrogen) atoms. The highest BCUT2D eigenvalue weighted by Crippen LogP contribution is 2.45. The van der Waals surface area contributed by atoms with Gasteiger partial charge in [-0.05, 0) is 61.9 Å². The highest BCUT2D eigenvalue weighted by Gasteiger charge is 2.47. The monoisotopic (exact) mass is 620 g/mol. The van der Waals surface area contributed by atoms with E-state index in [9.17, 15) is 31.9 Å². The molecule has 1 N–H and O–H groups in total. The lowest BCUT2D eigenvalue weighted by atomic mass is 9.80. The van der Waals surface area contributed by atoms with Crippen LogP contribution in [-0.2, 0) is 20.5 Å². The first-order valence-electron chi connectivity index (χ1n) is 14.1. The molecule has 0 fully saturated rings. The maximum Gasteiger partial charge on any atom is 0.416 e. The molecule has 0 radical (unpaired) electrons. The molecular formula is C33H28F4N4O4. The van der Waals surface area contributed by atoms with E-state index in [2.05, 4.69) is 11.9 Å². The summed E-state index contributed by atoms with van der Waals surface area (Å²) in [4.78, 5) is 42.1. The molecule has 0 unspecified atom stereocenters. The maximum absolute atomic E-state index is 14.3. The van der Waals surface area contributed by atoms with Crippen LogP contribution in [0.4, 0.5) is 23.4 Å². The fourth-order valence-corrected chi connectivity index (χ4v) is 5.38. The zero-order valence-electron chi connectivity index (χ0n) is 24.3. The van der Waals surface area contributed by atoms with Crippen LogP contribution in [0.2, 0.25) is 0 Å². The lowest BCUT2D eigenvalue weighted by Gasteiger charge is -2.38. The second-order valence-corrected chi connectivity index (χ2v) is 10.2. The number of benzene rings is 3. The Hall–Kier alpha value is -5.26. The van der Waals surface area contributed by atoms with Gasteiger partial charge < -0.3 is 10.1 Å². The third-order valence-electron chi connectivity index (χ3n) is 7.42. The molecule has 1 aliphatic rings. The quantitative estimate of drug-likeness (QED) is 0.150. The molecule has 0 spiro atoms. The van der Waals surface area contributed by atoms with Crippen LogP contribution in [0.15, 0.2) is 85.4 Å². The van der Waals surface area contributed by atoms with Crippen LogP contribution in [0, 0.1) is 5.82 Å². The second kappa shape index (κ2) is 12.4. The van der Waals surface area contributed by atoms with Gasteiger partial charge in [0.2, 0.25) is 0 Å². The van der Waals surface area contributed by atoms with Crippen molar-refractivity contribution in [2.45, 2.75) is 32.0 Å². The van der Waals surface area contributed by atoms with E-state index in [1.54, 1.807) is 44.2 Å². The van der Waals surface area contributed by atoms with Gasteiger partial charge in [-0.3, -0.25) is 14.5 Å². The van der Waals surface area contributed by atoms with Gasteiger partial charge in [-0.15, -0.1) is 0 Å². The molecule has 232 valence electrons. The number of hydrogen-bond donors (Lipinski definition) is 1. The van der Waals surface area contributed by atoms with Crippen molar-refractivity contribution < 1.29 is 36.7 Å². The number of alkyl halides is 3. The van der Waals surface area contributed by atoms with E-state index in [0.29, 0.717) is 22.9 Å². The first kappa shape index (κ1) is 31.2. The molecule has 2 amide bonds. The summed E-state index contributed by atoms with van der Waals surface area (Å²) in [6.07, 6.45) is -4.70. The Labute approximate surface area is 255 Å². The summed E-state index contributed by atoms with van der Waals surface area (Å²) in [5.41, 5.74) is -0.155. The third-order valence-corrected chi connectivity index (χ3v) is 7.42. The number of anilines is 1. The van der Waals surface area contributed by atoms with Crippen molar-refractivity contribution in [1.82, 2.24) is 15.1 Å². The van der Waals surface area contributed by atoms with Gasteiger partial charge in [-0.25, -0.2) is 13.9 Å². The van der Waals surface area contributed by atoms with Gasteiger partial charge >= 0.3 is 12.1 Å². The number of esters is 1. The van der Waals surface area contributed by atoms with Crippen LogP contribution < -0.4 is 10.2 Å². The van der Waals surface area contributed by atoms with E-state index >= 15 is 0 Å². The van der Waals surface area contributed by atoms with Crippen molar-refractivity contribution >= 4 is 29.2 Å². The van der Waals surface area contributed by atoms with Gasteiger partial charge in [0.25, 0.3) is 11.8 Å². The molecule has 8 nitrogen and oxygen atoms in total. The van der Waals surface area contributed by atoms with Crippen molar-refractivity contribution in [3.8, 4) is 5.69 Å². The normalized spacial score (nSPS) is 16.2. The average molecular weight is 621 g/mol. The number of hydrogen-bond acceptors (Lipinski definition) is 5. The number of carbonyl (C=O) groups is 3. The molecule has 0 saturated heterocycles. The molecule has 1 aromatic heterocycles. The SMILES string of the molecule is C=C(C(=O)OCC)c1nn(-c2ccccc2)c2c1[C@H](c1ccc(F)cc1)[C@@H](NC(=O)c1cccc(C(F)(F)F)c1)C(=O)N2CC. The number of likely N-dealkylation sites (N-methyl/N-ethyl adjacent to an activating group) is 1. The van der Waals surface area contributed by atoms with Crippen LogP contribution in [0.5, 0.6) is 0 Å². The number of aromatic nitrogens is 2. The van der Waals surface area contributed by atoms with Crippen LogP contribution in [0.3, 0.4) is 0 Å². The Kier molecular flexibility index (Phi) is 8.58. The summed E-state index contributed by atoms with van der Waals surface area (Å²) >= 11 is 0. The van der Waals surface area contributed by atoms with E-state index in [1.165, 1.54) is 39.9 Å². The fourth-order valence-electron chi connectivity index (χ4n) is 5.38. The molecule has 5 rings (SSSR count). The summed E-state index contributed by atoms with van der Waals surface area (Å²) in [6, 6.07) is 16.5. The first-order chi connectivity index (χ1) is 21.5. The highest BCUT2D eigenvalue weighted by molar-refractivity contribution is 6.16. The molecule has 3 aromatic carbocycles. The van der Waals surface area contributed by atoms with Gasteiger partial charge in [-0.1, -0.05) is 43.0 Å². The molecule has 0 bridgehead atoms. The van der Waals surface area contributed by atoms with Gasteiger partial charge in [0, 0.05) is 23.6 Å². The molecule has 0 saturated carbocycles. The highest BCUT2D eigenvalue weighted by atomic mass is 19.4. The standard InChI is InChI=1S/C33H28F4N4O4/c1-4-40-30-26(27(19(3)32(44)45-5-2)39-41(30)24-12-7-6-8-13-24)25(20-14-16-23(34)17-15-20)28(31(40)43)38-29(42)21-10-9-11-22(18-21)33(35,36)37/h6-18,25,28H,3-5H2,1-2H3,(H,38,42)/t25-,28+/m0/s1. The summed E-state index contributed by atoms with van der Waals surface area (Å²) in [7, 11) is 0. The van der Waals surface area contributed by atoms with Crippen molar-refractivity contribution in [3.63, 3.8) is 0 Å². The molecule has 0 aliphatic carbocycles. The van der Waals surface area contributed by atoms with Crippen LogP contribution in [0.1, 0.15) is 52.5 Å². The second-order valence-electron chi connectivity index (χ2n) is 10.2. The van der Waals surface area contributed by atoms with Gasteiger partial charge in [0.15, 0.2) is 0 Å². The number of para-hydroxylation sites is 1. The number of amides is 2. The minimum atomic E-state index is -4.70. The molecule has 2 heterocycles. The van der Waals surface area contributed by atoms with Crippen molar-refractivity contribution in [2.75, 3.05) is 18.1 Å². The number of nitrogens with zero attached hydrogens (tertiary/aromatic N) is 3. The zero-order valence-corrected chi connectivity index (χ0v) is 24.3. The Bertz CT molecular complexity index is 1770. The lowest BCUT2D eigenvalue weighted by molar-refractivity contribution is -0.138. The van der Waals surface area contributed by atoms with Crippen LogP contribution in [-0.4, -0.2) is 46.8 Å². The minimum absolute atomic E-state index is 0.0517. The van der Waals surface area contributed by atoms with E-state index in [1.807, 2.05) is 0 Å². The summed E-state index contributed by atoms with van der Waals surface area (Å²) in [6.45, 7) is 7.41. The van der Waals surface area contributed by atoms with E-state index < -0.39 is 47.3 Å². The summed E-state index contributed by atoms with van der Waals surface area (Å²) < 4.78 is 61.1. The van der Waals surface area contributed by atoms with Crippen molar-refractivity contribution in [3.05, 3.63) is 119 Å². The predicted molar refractivity (Wildman–Crippen MR) is 158 cm³/mol. The van der Waals surface area contributed by atoms with Gasteiger partial charge in [-0.2, -0.15) is 18.3 Å². The topological polar surface area (TPSA) is 93.5 Å². The van der Waals surface area contributed by atoms with Crippen molar-refractivity contribution in [1.29, 1.82) is 0 Å². The molecule has 12 heteroatoms.